The maximum Gasteiger partial charge on any atom is 0.293 e. The summed E-state index contributed by atoms with van der Waals surface area (Å²) in [5, 5.41) is 14.1. The molecule has 0 bridgehead atoms. The van der Waals surface area contributed by atoms with Crippen molar-refractivity contribution < 1.29 is 18.9 Å². The predicted molar refractivity (Wildman–Crippen MR) is 110 cm³/mol. The fraction of sp³-hybridized carbons (Fsp3) is 0.222. The number of nitro groups is 1. The van der Waals surface area contributed by atoms with Gasteiger partial charge in [-0.3, -0.25) is 14.9 Å². The number of carbonyl (C=O) groups is 1. The number of rotatable bonds is 4. The molecule has 144 valence electrons. The van der Waals surface area contributed by atoms with Gasteiger partial charge in [-0.05, 0) is 24.3 Å². The molecule has 0 aliphatic carbocycles. The van der Waals surface area contributed by atoms with E-state index in [1.165, 1.54) is 6.07 Å². The van der Waals surface area contributed by atoms with Gasteiger partial charge in [0.15, 0.2) is 0 Å². The largest absolute Gasteiger partial charge is 0.457 e. The first-order valence-corrected chi connectivity index (χ1v) is 9.70. The van der Waals surface area contributed by atoms with Gasteiger partial charge in [0.1, 0.15) is 21.5 Å². The molecule has 2 aliphatic heterocycles. The maximum atomic E-state index is 11.8. The molecule has 4 rings (SSSR count). The number of thioether (sulfide) groups is 1. The Labute approximate surface area is 169 Å². The lowest BCUT2D eigenvalue weighted by atomic mass is 10.1. The molecule has 10 heteroatoms. The van der Waals surface area contributed by atoms with E-state index in [-0.39, 0.29) is 16.5 Å². The minimum absolute atomic E-state index is 0.0202. The molecular formula is C18H15N3O5S2. The first-order chi connectivity index (χ1) is 13.5. The van der Waals surface area contributed by atoms with Crippen molar-refractivity contribution in [3.05, 3.63) is 51.1 Å². The van der Waals surface area contributed by atoms with Crippen molar-refractivity contribution in [3.8, 4) is 11.3 Å². The van der Waals surface area contributed by atoms with E-state index in [4.69, 9.17) is 21.4 Å². The fourth-order valence-corrected chi connectivity index (χ4v) is 4.05. The van der Waals surface area contributed by atoms with E-state index in [2.05, 4.69) is 5.32 Å². The summed E-state index contributed by atoms with van der Waals surface area (Å²) in [7, 11) is 0. The zero-order chi connectivity index (χ0) is 19.7. The molecule has 0 radical (unpaired) electrons. The number of hydrogen-bond donors (Lipinski definition) is 1. The Morgan fingerprint density at radius 2 is 2.04 bits per heavy atom. The summed E-state index contributed by atoms with van der Waals surface area (Å²) < 4.78 is 11.5. The minimum atomic E-state index is -0.388. The highest BCUT2D eigenvalue weighted by atomic mass is 32.2. The molecule has 0 unspecified atom stereocenters. The van der Waals surface area contributed by atoms with Crippen LogP contribution in [0.1, 0.15) is 5.76 Å². The van der Waals surface area contributed by atoms with Gasteiger partial charge in [-0.25, -0.2) is 0 Å². The maximum absolute atomic E-state index is 11.8. The minimum Gasteiger partial charge on any atom is -0.457 e. The standard InChI is InChI=1S/C18H15N3O5S2/c22-17-16(28-18(27)19-17)10-12-2-4-15(26-12)11-1-3-13(14(9-11)21(23)24)20-5-7-25-8-6-20/h1-4,9-10H,5-8H2,(H,19,22,27). The zero-order valence-electron chi connectivity index (χ0n) is 14.5. The van der Waals surface area contributed by atoms with Crippen LogP contribution in [-0.4, -0.2) is 41.5 Å². The first-order valence-electron chi connectivity index (χ1n) is 8.47. The number of nitro benzene ring substituents is 1. The number of amides is 1. The Balaban J connectivity index is 1.63. The van der Waals surface area contributed by atoms with Crippen LogP contribution in [0.5, 0.6) is 0 Å². The number of hydrogen-bond acceptors (Lipinski definition) is 8. The van der Waals surface area contributed by atoms with Crippen molar-refractivity contribution in [3.63, 3.8) is 0 Å². The van der Waals surface area contributed by atoms with Crippen LogP contribution >= 0.6 is 24.0 Å². The monoisotopic (exact) mass is 417 g/mol. The van der Waals surface area contributed by atoms with Crippen LogP contribution in [0.25, 0.3) is 17.4 Å². The van der Waals surface area contributed by atoms with Crippen molar-refractivity contribution in [2.75, 3.05) is 31.2 Å². The molecule has 0 atom stereocenters. The lowest BCUT2D eigenvalue weighted by Crippen LogP contribution is -2.36. The molecular weight excluding hydrogens is 402 g/mol. The smallest absolute Gasteiger partial charge is 0.293 e. The number of thiocarbonyl (C=S) groups is 1. The van der Waals surface area contributed by atoms with Gasteiger partial charge in [0, 0.05) is 30.8 Å². The molecule has 1 aromatic carbocycles. The Kier molecular flexibility index (Phi) is 5.16. The molecule has 2 aliphatic rings. The summed E-state index contributed by atoms with van der Waals surface area (Å²) in [6.07, 6.45) is 1.60. The summed E-state index contributed by atoms with van der Waals surface area (Å²) in [4.78, 5) is 25.4. The normalized spacial score (nSPS) is 18.6. The van der Waals surface area contributed by atoms with Crippen LogP contribution in [0.2, 0.25) is 0 Å². The highest BCUT2D eigenvalue weighted by Crippen LogP contribution is 2.35. The van der Waals surface area contributed by atoms with Crippen LogP contribution in [0.3, 0.4) is 0 Å². The second kappa shape index (κ2) is 7.74. The van der Waals surface area contributed by atoms with Gasteiger partial charge in [0.05, 0.1) is 23.0 Å². The van der Waals surface area contributed by atoms with Crippen LogP contribution in [0, 0.1) is 10.1 Å². The van der Waals surface area contributed by atoms with Crippen molar-refractivity contribution in [1.82, 2.24) is 5.32 Å². The molecule has 2 saturated heterocycles. The molecule has 0 spiro atoms. The summed E-state index contributed by atoms with van der Waals surface area (Å²) in [6.45, 7) is 2.31. The van der Waals surface area contributed by atoms with Crippen molar-refractivity contribution >= 4 is 51.7 Å². The van der Waals surface area contributed by atoms with E-state index < -0.39 is 0 Å². The third kappa shape index (κ3) is 3.79. The van der Waals surface area contributed by atoms with E-state index >= 15 is 0 Å². The van der Waals surface area contributed by atoms with Gasteiger partial charge >= 0.3 is 0 Å². The molecule has 1 N–H and O–H groups in total. The van der Waals surface area contributed by atoms with Crippen molar-refractivity contribution in [2.24, 2.45) is 0 Å². The van der Waals surface area contributed by atoms with Gasteiger partial charge in [-0.15, -0.1) is 0 Å². The third-order valence-corrected chi connectivity index (χ3v) is 5.51. The van der Waals surface area contributed by atoms with Crippen LogP contribution in [0.4, 0.5) is 11.4 Å². The molecule has 3 heterocycles. The summed E-state index contributed by atoms with van der Waals surface area (Å²) in [5.74, 6) is 0.685. The van der Waals surface area contributed by atoms with Gasteiger partial charge < -0.3 is 19.4 Å². The molecule has 2 aromatic rings. The highest BCUT2D eigenvalue weighted by Gasteiger charge is 2.24. The average molecular weight is 417 g/mol. The quantitative estimate of drug-likeness (QED) is 0.351. The zero-order valence-corrected chi connectivity index (χ0v) is 16.2. The topological polar surface area (TPSA) is 97.9 Å². The van der Waals surface area contributed by atoms with Gasteiger partial charge in [0.2, 0.25) is 0 Å². The number of ether oxygens (including phenoxy) is 1. The van der Waals surface area contributed by atoms with Crippen molar-refractivity contribution in [1.29, 1.82) is 0 Å². The first kappa shape index (κ1) is 18.7. The van der Waals surface area contributed by atoms with Crippen LogP contribution < -0.4 is 10.2 Å². The summed E-state index contributed by atoms with van der Waals surface area (Å²) in [6, 6.07) is 8.46. The second-order valence-electron chi connectivity index (χ2n) is 6.11. The number of nitrogens with zero attached hydrogens (tertiary/aromatic N) is 2. The summed E-state index contributed by atoms with van der Waals surface area (Å²) in [5.41, 5.74) is 1.18. The van der Waals surface area contributed by atoms with Gasteiger partial charge in [-0.2, -0.15) is 0 Å². The molecule has 1 amide bonds. The van der Waals surface area contributed by atoms with E-state index in [0.717, 1.165) is 11.8 Å². The highest BCUT2D eigenvalue weighted by molar-refractivity contribution is 8.26. The Morgan fingerprint density at radius 3 is 2.71 bits per heavy atom. The molecule has 2 fully saturated rings. The molecule has 0 saturated carbocycles. The Hall–Kier alpha value is -2.69. The number of nitrogens with one attached hydrogen (secondary N) is 1. The van der Waals surface area contributed by atoms with Crippen molar-refractivity contribution in [2.45, 2.75) is 0 Å². The Morgan fingerprint density at radius 1 is 1.25 bits per heavy atom. The van der Waals surface area contributed by atoms with Crippen LogP contribution in [0.15, 0.2) is 39.7 Å². The molecule has 28 heavy (non-hydrogen) atoms. The third-order valence-electron chi connectivity index (χ3n) is 4.35. The second-order valence-corrected chi connectivity index (χ2v) is 7.83. The molecule has 1 aromatic heterocycles. The van der Waals surface area contributed by atoms with E-state index in [1.54, 1.807) is 30.3 Å². The average Bonchev–Trinajstić information content (AvgIpc) is 3.28. The van der Waals surface area contributed by atoms with E-state index in [9.17, 15) is 14.9 Å². The predicted octanol–water partition coefficient (Wildman–Crippen LogP) is 3.18. The number of carbonyl (C=O) groups excluding carboxylic acids is 1. The lowest BCUT2D eigenvalue weighted by molar-refractivity contribution is -0.384. The number of furan rings is 1. The SMILES string of the molecule is O=C1NC(=S)SC1=Cc1ccc(-c2ccc(N3CCOCC3)c([N+](=O)[O-])c2)o1. The number of morpholine rings is 1. The van der Waals surface area contributed by atoms with Crippen LogP contribution in [-0.2, 0) is 9.53 Å². The molecule has 8 nitrogen and oxygen atoms in total. The lowest BCUT2D eigenvalue weighted by Gasteiger charge is -2.28. The fourth-order valence-electron chi connectivity index (χ4n) is 3.03. The Bertz CT molecular complexity index is 995. The van der Waals surface area contributed by atoms with Gasteiger partial charge in [0.25, 0.3) is 11.6 Å². The van der Waals surface area contributed by atoms with Gasteiger partial charge in [-0.1, -0.05) is 24.0 Å². The number of benzene rings is 1. The summed E-state index contributed by atoms with van der Waals surface area (Å²) >= 11 is 6.12. The van der Waals surface area contributed by atoms with E-state index in [1.807, 2.05) is 4.90 Å². The number of anilines is 1. The van der Waals surface area contributed by atoms with E-state index in [0.29, 0.717) is 58.3 Å².